The molecule has 3 rings (SSSR count). The highest BCUT2D eigenvalue weighted by Crippen LogP contribution is 2.37. The molecule has 7 nitrogen and oxygen atoms in total. The molecule has 0 heterocycles. The smallest absolute Gasteiger partial charge is 0.350 e. The fourth-order valence-corrected chi connectivity index (χ4v) is 6.18. The van der Waals surface area contributed by atoms with Crippen LogP contribution in [0, 0.1) is 0 Å². The van der Waals surface area contributed by atoms with Crippen molar-refractivity contribution in [3.8, 4) is 0 Å². The van der Waals surface area contributed by atoms with Crippen molar-refractivity contribution in [1.82, 2.24) is 10.2 Å². The topological polar surface area (TPSA) is 86.8 Å². The van der Waals surface area contributed by atoms with Crippen LogP contribution in [0.1, 0.15) is 45.2 Å². The number of sulfonamides is 1. The molecule has 0 unspecified atom stereocenters. The van der Waals surface area contributed by atoms with Crippen molar-refractivity contribution >= 4 is 39.1 Å². The highest BCUT2D eigenvalue weighted by atomic mass is 35.5. The van der Waals surface area contributed by atoms with E-state index in [0.29, 0.717) is 16.8 Å². The molecular formula is C31H35ClF3N3O4S. The van der Waals surface area contributed by atoms with E-state index < -0.39 is 57.4 Å². The standard InChI is InChI=1S/C31H35ClF3N3O4S/c1-5-26(29(40)36-30(2,3)4)37(19-18-22-12-8-6-9-13-22)28(39)21-38(43(41,42)24-14-10-7-11-15-24)27-20-23(31(33,34)35)16-17-25(27)32/h6-17,20,26H,5,18-19,21H2,1-4H3,(H,36,40)/t26-/m0/s1. The zero-order valence-corrected chi connectivity index (χ0v) is 25.9. The van der Waals surface area contributed by atoms with Gasteiger partial charge in [0.25, 0.3) is 10.0 Å². The minimum absolute atomic E-state index is 0.0501. The van der Waals surface area contributed by atoms with E-state index in [9.17, 15) is 31.2 Å². The number of amides is 2. The normalized spacial score (nSPS) is 12.8. The Hall–Kier alpha value is -3.57. The highest BCUT2D eigenvalue weighted by molar-refractivity contribution is 7.92. The first-order valence-electron chi connectivity index (χ1n) is 13.6. The van der Waals surface area contributed by atoms with Gasteiger partial charge >= 0.3 is 6.18 Å². The first-order valence-corrected chi connectivity index (χ1v) is 15.5. The zero-order valence-electron chi connectivity index (χ0n) is 24.4. The van der Waals surface area contributed by atoms with Crippen molar-refractivity contribution < 1.29 is 31.2 Å². The van der Waals surface area contributed by atoms with Crippen molar-refractivity contribution in [3.63, 3.8) is 0 Å². The number of hydrogen-bond acceptors (Lipinski definition) is 4. The van der Waals surface area contributed by atoms with Crippen LogP contribution in [0.15, 0.2) is 83.8 Å². The minimum Gasteiger partial charge on any atom is -0.350 e. The average molecular weight is 638 g/mol. The largest absolute Gasteiger partial charge is 0.416 e. The van der Waals surface area contributed by atoms with Gasteiger partial charge in [0.05, 0.1) is 21.2 Å². The number of halogens is 4. The Kier molecular flexibility index (Phi) is 10.9. The Labute approximate surface area is 255 Å². The molecule has 0 fully saturated rings. The second kappa shape index (κ2) is 13.8. The molecule has 0 radical (unpaired) electrons. The van der Waals surface area contributed by atoms with Crippen LogP contribution in [0.3, 0.4) is 0 Å². The molecule has 3 aromatic carbocycles. The van der Waals surface area contributed by atoms with Crippen molar-refractivity contribution in [2.45, 2.75) is 63.2 Å². The van der Waals surface area contributed by atoms with E-state index in [1.54, 1.807) is 33.8 Å². The lowest BCUT2D eigenvalue weighted by atomic mass is 10.1. The number of nitrogens with zero attached hydrogens (tertiary/aromatic N) is 2. The Balaban J connectivity index is 2.11. The first kappa shape index (κ1) is 33.9. The number of hydrogen-bond donors (Lipinski definition) is 1. The third kappa shape index (κ3) is 8.96. The van der Waals surface area contributed by atoms with Gasteiger partial charge in [-0.3, -0.25) is 13.9 Å². The van der Waals surface area contributed by atoms with Crippen molar-refractivity contribution in [2.75, 3.05) is 17.4 Å². The molecule has 3 aromatic rings. The van der Waals surface area contributed by atoms with Crippen LogP contribution < -0.4 is 9.62 Å². The number of benzene rings is 3. The molecule has 43 heavy (non-hydrogen) atoms. The van der Waals surface area contributed by atoms with E-state index in [0.717, 1.165) is 17.7 Å². The molecule has 2 amide bonds. The number of rotatable bonds is 11. The summed E-state index contributed by atoms with van der Waals surface area (Å²) in [5.41, 5.74) is -1.39. The molecule has 1 N–H and O–H groups in total. The van der Waals surface area contributed by atoms with E-state index in [1.807, 2.05) is 30.3 Å². The van der Waals surface area contributed by atoms with E-state index in [-0.39, 0.29) is 22.9 Å². The van der Waals surface area contributed by atoms with Gasteiger partial charge in [0.2, 0.25) is 11.8 Å². The molecule has 0 aromatic heterocycles. The SMILES string of the molecule is CC[C@@H](C(=O)NC(C)(C)C)N(CCc1ccccc1)C(=O)CN(c1cc(C(F)(F)F)ccc1Cl)S(=O)(=O)c1ccccc1. The molecule has 12 heteroatoms. The van der Waals surface area contributed by atoms with Crippen LogP contribution in [0.25, 0.3) is 0 Å². The Bertz CT molecular complexity index is 1510. The van der Waals surface area contributed by atoms with Gasteiger partial charge in [0.1, 0.15) is 12.6 Å². The third-order valence-corrected chi connectivity index (χ3v) is 8.61. The maximum absolute atomic E-state index is 14.1. The van der Waals surface area contributed by atoms with Crippen molar-refractivity contribution in [1.29, 1.82) is 0 Å². The fraction of sp³-hybridized carbons (Fsp3) is 0.355. The quantitative estimate of drug-likeness (QED) is 0.267. The summed E-state index contributed by atoms with van der Waals surface area (Å²) < 4.78 is 69.4. The summed E-state index contributed by atoms with van der Waals surface area (Å²) >= 11 is 6.29. The van der Waals surface area contributed by atoms with Crippen LogP contribution >= 0.6 is 11.6 Å². The lowest BCUT2D eigenvalue weighted by molar-refractivity contribution is -0.140. The van der Waals surface area contributed by atoms with Gasteiger partial charge in [0, 0.05) is 12.1 Å². The van der Waals surface area contributed by atoms with Crippen LogP contribution in [-0.2, 0) is 32.2 Å². The Morgan fingerprint density at radius 1 is 0.930 bits per heavy atom. The molecule has 1 atom stereocenters. The molecule has 0 aliphatic rings. The lowest BCUT2D eigenvalue weighted by Crippen LogP contribution is -2.56. The van der Waals surface area contributed by atoms with Gasteiger partial charge < -0.3 is 10.2 Å². The third-order valence-electron chi connectivity index (χ3n) is 6.52. The average Bonchev–Trinajstić information content (AvgIpc) is 2.93. The summed E-state index contributed by atoms with van der Waals surface area (Å²) in [6, 6.07) is 17.5. The molecule has 0 aliphatic heterocycles. The van der Waals surface area contributed by atoms with E-state index in [4.69, 9.17) is 11.6 Å². The predicted octanol–water partition coefficient (Wildman–Crippen LogP) is 6.32. The second-order valence-corrected chi connectivity index (χ2v) is 13.2. The summed E-state index contributed by atoms with van der Waals surface area (Å²) in [6.07, 6.45) is -4.24. The number of carbonyl (C=O) groups excluding carboxylic acids is 2. The fourth-order valence-electron chi connectivity index (χ4n) is 4.46. The van der Waals surface area contributed by atoms with Crippen molar-refractivity contribution in [3.05, 3.63) is 95.0 Å². The van der Waals surface area contributed by atoms with Crippen LogP contribution in [0.2, 0.25) is 5.02 Å². The van der Waals surface area contributed by atoms with Crippen LogP contribution in [0.5, 0.6) is 0 Å². The Morgan fingerprint density at radius 3 is 2.05 bits per heavy atom. The number of alkyl halides is 3. The van der Waals surface area contributed by atoms with Gasteiger partial charge in [0.15, 0.2) is 0 Å². The maximum Gasteiger partial charge on any atom is 0.416 e. The summed E-state index contributed by atoms with van der Waals surface area (Å²) in [4.78, 5) is 28.4. The van der Waals surface area contributed by atoms with Gasteiger partial charge in [-0.25, -0.2) is 8.42 Å². The van der Waals surface area contributed by atoms with Crippen LogP contribution in [-0.4, -0.2) is 49.8 Å². The second-order valence-electron chi connectivity index (χ2n) is 11.0. The summed E-state index contributed by atoms with van der Waals surface area (Å²) in [5, 5.41) is 2.57. The Morgan fingerprint density at radius 2 is 1.51 bits per heavy atom. The van der Waals surface area contributed by atoms with Gasteiger partial charge in [-0.05, 0) is 69.5 Å². The maximum atomic E-state index is 14.1. The van der Waals surface area contributed by atoms with Gasteiger partial charge in [-0.2, -0.15) is 13.2 Å². The van der Waals surface area contributed by atoms with Crippen LogP contribution in [0.4, 0.5) is 18.9 Å². The van der Waals surface area contributed by atoms with Crippen molar-refractivity contribution in [2.24, 2.45) is 0 Å². The van der Waals surface area contributed by atoms with E-state index >= 15 is 0 Å². The zero-order chi connectivity index (χ0) is 32.0. The molecular weight excluding hydrogens is 603 g/mol. The summed E-state index contributed by atoms with van der Waals surface area (Å²) in [7, 11) is -4.58. The van der Waals surface area contributed by atoms with Gasteiger partial charge in [-0.1, -0.05) is 67.1 Å². The predicted molar refractivity (Wildman–Crippen MR) is 161 cm³/mol. The molecule has 0 saturated carbocycles. The molecule has 232 valence electrons. The number of carbonyl (C=O) groups is 2. The molecule has 0 bridgehead atoms. The highest BCUT2D eigenvalue weighted by Gasteiger charge is 2.37. The van der Waals surface area contributed by atoms with E-state index in [1.165, 1.54) is 29.2 Å². The molecule has 0 saturated heterocycles. The molecule has 0 spiro atoms. The number of nitrogens with one attached hydrogen (secondary N) is 1. The number of anilines is 1. The van der Waals surface area contributed by atoms with E-state index in [2.05, 4.69) is 5.32 Å². The first-order chi connectivity index (χ1) is 20.0. The summed E-state index contributed by atoms with van der Waals surface area (Å²) in [6.45, 7) is 6.24. The van der Waals surface area contributed by atoms with Gasteiger partial charge in [-0.15, -0.1) is 0 Å². The lowest BCUT2D eigenvalue weighted by Gasteiger charge is -2.35. The minimum atomic E-state index is -4.80. The summed E-state index contributed by atoms with van der Waals surface area (Å²) in [5.74, 6) is -1.22. The monoisotopic (exact) mass is 637 g/mol. The molecule has 0 aliphatic carbocycles.